The van der Waals surface area contributed by atoms with Gasteiger partial charge in [-0.1, -0.05) is 15.9 Å². The Labute approximate surface area is 122 Å². The van der Waals surface area contributed by atoms with E-state index in [9.17, 15) is 4.79 Å². The smallest absolute Gasteiger partial charge is 0.244 e. The summed E-state index contributed by atoms with van der Waals surface area (Å²) in [6, 6.07) is 5.93. The summed E-state index contributed by atoms with van der Waals surface area (Å²) >= 11 is 3.45. The highest BCUT2D eigenvalue weighted by atomic mass is 79.9. The SMILES string of the molecule is Cc1cc(Br)ccc1N1CCN(CCN)C(C)C1=O. The minimum absolute atomic E-state index is 0.0969. The van der Waals surface area contributed by atoms with Crippen molar-refractivity contribution in [2.24, 2.45) is 5.73 Å². The van der Waals surface area contributed by atoms with Crippen LogP contribution in [0.1, 0.15) is 12.5 Å². The summed E-state index contributed by atoms with van der Waals surface area (Å²) in [4.78, 5) is 16.5. The second-order valence-corrected chi connectivity index (χ2v) is 5.84. The predicted molar refractivity (Wildman–Crippen MR) is 81.3 cm³/mol. The van der Waals surface area contributed by atoms with Crippen LogP contribution in [0, 0.1) is 6.92 Å². The van der Waals surface area contributed by atoms with Crippen LogP contribution in [0.3, 0.4) is 0 Å². The van der Waals surface area contributed by atoms with E-state index in [1.807, 2.05) is 36.9 Å². The highest BCUT2D eigenvalue weighted by molar-refractivity contribution is 9.10. The van der Waals surface area contributed by atoms with Crippen LogP contribution < -0.4 is 10.6 Å². The minimum atomic E-state index is -0.0969. The maximum Gasteiger partial charge on any atom is 0.244 e. The maximum absolute atomic E-state index is 12.5. The molecule has 1 unspecified atom stereocenters. The largest absolute Gasteiger partial charge is 0.329 e. The molecule has 0 aliphatic carbocycles. The van der Waals surface area contributed by atoms with Gasteiger partial charge in [0.25, 0.3) is 0 Å². The van der Waals surface area contributed by atoms with Gasteiger partial charge in [-0.15, -0.1) is 0 Å². The van der Waals surface area contributed by atoms with E-state index in [1.54, 1.807) is 0 Å². The summed E-state index contributed by atoms with van der Waals surface area (Å²) in [6.45, 7) is 6.96. The molecule has 2 N–H and O–H groups in total. The van der Waals surface area contributed by atoms with E-state index in [4.69, 9.17) is 5.73 Å². The molecule has 0 saturated carbocycles. The van der Waals surface area contributed by atoms with Crippen LogP contribution in [-0.4, -0.2) is 43.0 Å². The van der Waals surface area contributed by atoms with Crippen LogP contribution in [0.4, 0.5) is 5.69 Å². The van der Waals surface area contributed by atoms with Gasteiger partial charge in [-0.2, -0.15) is 0 Å². The number of carbonyl (C=O) groups excluding carboxylic acids is 1. The Morgan fingerprint density at radius 1 is 1.42 bits per heavy atom. The summed E-state index contributed by atoms with van der Waals surface area (Å²) in [7, 11) is 0. The third-order valence-electron chi connectivity index (χ3n) is 3.65. The Morgan fingerprint density at radius 2 is 2.16 bits per heavy atom. The molecule has 0 bridgehead atoms. The van der Waals surface area contributed by atoms with Gasteiger partial charge in [0, 0.05) is 36.3 Å². The molecule has 0 spiro atoms. The van der Waals surface area contributed by atoms with Crippen molar-refractivity contribution in [3.63, 3.8) is 0 Å². The zero-order valence-electron chi connectivity index (χ0n) is 11.4. The van der Waals surface area contributed by atoms with Crippen LogP contribution in [-0.2, 0) is 4.79 Å². The zero-order valence-corrected chi connectivity index (χ0v) is 13.0. The lowest BCUT2D eigenvalue weighted by molar-refractivity contribution is -0.125. The monoisotopic (exact) mass is 325 g/mol. The van der Waals surface area contributed by atoms with Crippen LogP contribution in [0.2, 0.25) is 0 Å². The van der Waals surface area contributed by atoms with E-state index >= 15 is 0 Å². The van der Waals surface area contributed by atoms with Crippen molar-refractivity contribution in [1.82, 2.24) is 4.90 Å². The number of nitrogens with zero attached hydrogens (tertiary/aromatic N) is 2. The lowest BCUT2D eigenvalue weighted by atomic mass is 10.1. The van der Waals surface area contributed by atoms with Gasteiger partial charge >= 0.3 is 0 Å². The first-order valence-corrected chi connectivity index (χ1v) is 7.35. The molecule has 2 rings (SSSR count). The minimum Gasteiger partial charge on any atom is -0.329 e. The van der Waals surface area contributed by atoms with E-state index in [2.05, 4.69) is 20.8 Å². The number of aryl methyl sites for hydroxylation is 1. The second-order valence-electron chi connectivity index (χ2n) is 4.92. The molecule has 0 radical (unpaired) electrons. The van der Waals surface area contributed by atoms with E-state index in [-0.39, 0.29) is 11.9 Å². The van der Waals surface area contributed by atoms with E-state index in [0.29, 0.717) is 6.54 Å². The number of hydrogen-bond acceptors (Lipinski definition) is 3. The van der Waals surface area contributed by atoms with E-state index in [1.165, 1.54) is 0 Å². The van der Waals surface area contributed by atoms with Crippen molar-refractivity contribution in [1.29, 1.82) is 0 Å². The Bertz CT molecular complexity index is 478. The van der Waals surface area contributed by atoms with Crippen LogP contribution >= 0.6 is 15.9 Å². The number of rotatable bonds is 3. The number of nitrogens with two attached hydrogens (primary N) is 1. The third kappa shape index (κ3) is 2.99. The van der Waals surface area contributed by atoms with Crippen molar-refractivity contribution in [2.45, 2.75) is 19.9 Å². The van der Waals surface area contributed by atoms with Crippen LogP contribution in [0.5, 0.6) is 0 Å². The summed E-state index contributed by atoms with van der Waals surface area (Å²) in [5.41, 5.74) is 7.70. The topological polar surface area (TPSA) is 49.6 Å². The zero-order chi connectivity index (χ0) is 14.0. The molecule has 5 heteroatoms. The Balaban J connectivity index is 2.21. The molecular weight excluding hydrogens is 306 g/mol. The molecular formula is C14H20BrN3O. The van der Waals surface area contributed by atoms with Gasteiger partial charge in [0.1, 0.15) is 0 Å². The lowest BCUT2D eigenvalue weighted by Gasteiger charge is -2.39. The molecule has 104 valence electrons. The summed E-state index contributed by atoms with van der Waals surface area (Å²) in [5.74, 6) is 0.158. The van der Waals surface area contributed by atoms with Gasteiger partial charge in [-0.3, -0.25) is 9.69 Å². The Morgan fingerprint density at radius 3 is 2.79 bits per heavy atom. The fourth-order valence-corrected chi connectivity index (χ4v) is 3.02. The van der Waals surface area contributed by atoms with Crippen molar-refractivity contribution in [3.05, 3.63) is 28.2 Å². The number of anilines is 1. The normalized spacial score (nSPS) is 20.9. The fraction of sp³-hybridized carbons (Fsp3) is 0.500. The molecule has 1 aromatic rings. The number of piperazine rings is 1. The fourth-order valence-electron chi connectivity index (χ4n) is 2.55. The summed E-state index contributed by atoms with van der Waals surface area (Å²) in [6.07, 6.45) is 0. The number of benzene rings is 1. The van der Waals surface area contributed by atoms with Crippen LogP contribution in [0.15, 0.2) is 22.7 Å². The first-order chi connectivity index (χ1) is 9.04. The highest BCUT2D eigenvalue weighted by Gasteiger charge is 2.32. The molecule has 1 amide bonds. The quantitative estimate of drug-likeness (QED) is 0.921. The van der Waals surface area contributed by atoms with Crippen molar-refractivity contribution in [3.8, 4) is 0 Å². The van der Waals surface area contributed by atoms with Crippen molar-refractivity contribution < 1.29 is 4.79 Å². The van der Waals surface area contributed by atoms with Gasteiger partial charge in [0.05, 0.1) is 6.04 Å². The first kappa shape index (κ1) is 14.5. The molecule has 1 fully saturated rings. The van der Waals surface area contributed by atoms with Gasteiger partial charge < -0.3 is 10.6 Å². The van der Waals surface area contributed by atoms with Crippen molar-refractivity contribution >= 4 is 27.5 Å². The third-order valence-corrected chi connectivity index (χ3v) is 4.14. The molecule has 1 saturated heterocycles. The van der Waals surface area contributed by atoms with Gasteiger partial charge in [-0.25, -0.2) is 0 Å². The summed E-state index contributed by atoms with van der Waals surface area (Å²) < 4.78 is 1.04. The molecule has 1 atom stereocenters. The van der Waals surface area contributed by atoms with Gasteiger partial charge in [0.15, 0.2) is 0 Å². The average molecular weight is 326 g/mol. The Hall–Kier alpha value is -0.910. The first-order valence-electron chi connectivity index (χ1n) is 6.56. The molecule has 19 heavy (non-hydrogen) atoms. The molecule has 1 heterocycles. The van der Waals surface area contributed by atoms with Gasteiger partial charge in [-0.05, 0) is 37.6 Å². The summed E-state index contributed by atoms with van der Waals surface area (Å²) in [5, 5.41) is 0. The number of amides is 1. The molecule has 0 aromatic heterocycles. The van der Waals surface area contributed by atoms with Crippen LogP contribution in [0.25, 0.3) is 0 Å². The van der Waals surface area contributed by atoms with E-state index in [0.717, 1.165) is 35.4 Å². The molecule has 4 nitrogen and oxygen atoms in total. The van der Waals surface area contributed by atoms with Crippen molar-refractivity contribution in [2.75, 3.05) is 31.1 Å². The number of halogens is 1. The molecule has 1 aliphatic rings. The number of hydrogen-bond donors (Lipinski definition) is 1. The highest BCUT2D eigenvalue weighted by Crippen LogP contribution is 2.26. The van der Waals surface area contributed by atoms with Gasteiger partial charge in [0.2, 0.25) is 5.91 Å². The van der Waals surface area contributed by atoms with E-state index < -0.39 is 0 Å². The lowest BCUT2D eigenvalue weighted by Crippen LogP contribution is -2.57. The average Bonchev–Trinajstić information content (AvgIpc) is 2.37. The maximum atomic E-state index is 12.5. The standard InChI is InChI=1S/C14H20BrN3O/c1-10-9-12(15)3-4-13(10)18-8-7-17(6-5-16)11(2)14(18)19/h3-4,9,11H,5-8,16H2,1-2H3. The molecule has 1 aromatic carbocycles. The molecule has 1 aliphatic heterocycles. The number of carbonyl (C=O) groups is 1. The predicted octanol–water partition coefficient (Wildman–Crippen LogP) is 1.75. The Kier molecular flexibility index (Phi) is 4.60. The second kappa shape index (κ2) is 6.03.